The number of rotatable bonds is 2. The van der Waals surface area contributed by atoms with Crippen molar-refractivity contribution in [2.24, 2.45) is 22.7 Å². The Kier molecular flexibility index (Phi) is 2.22. The van der Waals surface area contributed by atoms with Crippen LogP contribution in [0.25, 0.3) is 0 Å². The molecule has 0 bridgehead atoms. The van der Waals surface area contributed by atoms with E-state index in [1.54, 1.807) is 0 Å². The van der Waals surface area contributed by atoms with Gasteiger partial charge in [-0.25, -0.2) is 0 Å². The van der Waals surface area contributed by atoms with Gasteiger partial charge in [-0.3, -0.25) is 0 Å². The lowest BCUT2D eigenvalue weighted by atomic mass is 9.46. The molecular weight excluding hydrogens is 176 g/mol. The molecule has 1 heteroatoms. The van der Waals surface area contributed by atoms with Crippen LogP contribution in [0.5, 0.6) is 0 Å². The van der Waals surface area contributed by atoms with Crippen LogP contribution in [0, 0.1) is 22.7 Å². The van der Waals surface area contributed by atoms with Gasteiger partial charge in [0.1, 0.15) is 0 Å². The van der Waals surface area contributed by atoms with Crippen molar-refractivity contribution in [3.63, 3.8) is 0 Å². The summed E-state index contributed by atoms with van der Waals surface area (Å²) in [5.74, 6) is 4.66. The topological polar surface area (TPSA) is 0 Å². The Balaban J connectivity index is 2.04. The van der Waals surface area contributed by atoms with Gasteiger partial charge in [0.2, 0.25) is 0 Å². The molecule has 0 atom stereocenters. The van der Waals surface area contributed by atoms with E-state index < -0.39 is 0 Å². The maximum Gasteiger partial charge on any atom is -0.000227 e. The second-order valence-electron chi connectivity index (χ2n) is 5.89. The van der Waals surface area contributed by atoms with Crippen LogP contribution in [0.15, 0.2) is 0 Å². The Labute approximate surface area is 86.9 Å². The van der Waals surface area contributed by atoms with Crippen LogP contribution >= 0.6 is 11.8 Å². The number of thioether (sulfide) groups is 1. The first-order valence-electron chi connectivity index (χ1n) is 5.59. The van der Waals surface area contributed by atoms with Crippen LogP contribution in [0.2, 0.25) is 0 Å². The molecule has 0 amide bonds. The summed E-state index contributed by atoms with van der Waals surface area (Å²) in [6, 6.07) is 0. The average Bonchev–Trinajstić information content (AvgIpc) is 1.78. The van der Waals surface area contributed by atoms with E-state index in [2.05, 4.69) is 39.5 Å². The zero-order valence-corrected chi connectivity index (χ0v) is 10.2. The molecule has 0 N–H and O–H groups in total. The maximum absolute atomic E-state index is 2.42. The fourth-order valence-electron chi connectivity index (χ4n) is 3.42. The first-order valence-corrected chi connectivity index (χ1v) is 6.74. The van der Waals surface area contributed by atoms with Gasteiger partial charge in [-0.15, -0.1) is 0 Å². The molecule has 0 radical (unpaired) electrons. The van der Waals surface area contributed by atoms with E-state index in [4.69, 9.17) is 0 Å². The van der Waals surface area contributed by atoms with Crippen LogP contribution in [-0.4, -0.2) is 11.5 Å². The van der Waals surface area contributed by atoms with Crippen LogP contribution in [0.3, 0.4) is 0 Å². The van der Waals surface area contributed by atoms with Crippen molar-refractivity contribution in [1.29, 1.82) is 0 Å². The van der Waals surface area contributed by atoms with E-state index in [-0.39, 0.29) is 0 Å². The third-order valence-corrected chi connectivity index (χ3v) is 6.16. The lowest BCUT2D eigenvalue weighted by Crippen LogP contribution is -2.58. The minimum atomic E-state index is 0.695. The van der Waals surface area contributed by atoms with Crippen LogP contribution < -0.4 is 0 Å². The molecule has 0 aromatic carbocycles. The lowest BCUT2D eigenvalue weighted by molar-refractivity contribution is -0.0881. The molecule has 2 rings (SSSR count). The molecule has 1 aliphatic heterocycles. The number of hydrogen-bond donors (Lipinski definition) is 0. The minimum Gasteiger partial charge on any atom is -0.161 e. The maximum atomic E-state index is 2.42. The SMILES string of the molecule is CC(C)C1(C(C)C)CC2(CSC2)C1. The molecule has 0 unspecified atom stereocenters. The Morgan fingerprint density at radius 3 is 1.62 bits per heavy atom. The molecular formula is C12H22S. The fraction of sp³-hybridized carbons (Fsp3) is 1.00. The molecule has 76 valence electrons. The summed E-state index contributed by atoms with van der Waals surface area (Å²) in [5.41, 5.74) is 1.50. The zero-order chi connectivity index (χ0) is 9.69. The van der Waals surface area contributed by atoms with Gasteiger partial charge in [0, 0.05) is 0 Å². The second kappa shape index (κ2) is 2.92. The zero-order valence-electron chi connectivity index (χ0n) is 9.39. The van der Waals surface area contributed by atoms with Gasteiger partial charge in [0.15, 0.2) is 0 Å². The van der Waals surface area contributed by atoms with Crippen molar-refractivity contribution in [1.82, 2.24) is 0 Å². The van der Waals surface area contributed by atoms with Crippen molar-refractivity contribution in [2.45, 2.75) is 40.5 Å². The van der Waals surface area contributed by atoms with Crippen molar-refractivity contribution in [3.8, 4) is 0 Å². The predicted octanol–water partition coefficient (Wildman–Crippen LogP) is 3.81. The van der Waals surface area contributed by atoms with Gasteiger partial charge in [-0.1, -0.05) is 27.7 Å². The normalized spacial score (nSPS) is 29.1. The largest absolute Gasteiger partial charge is 0.161 e. The Hall–Kier alpha value is 0.350. The summed E-state index contributed by atoms with van der Waals surface area (Å²) < 4.78 is 0. The summed E-state index contributed by atoms with van der Waals surface area (Å²) in [4.78, 5) is 0. The molecule has 1 heterocycles. The van der Waals surface area contributed by atoms with Gasteiger partial charge >= 0.3 is 0 Å². The third-order valence-electron chi connectivity index (χ3n) is 4.52. The van der Waals surface area contributed by atoms with Gasteiger partial charge in [-0.05, 0) is 47.0 Å². The van der Waals surface area contributed by atoms with Gasteiger partial charge in [0.25, 0.3) is 0 Å². The minimum absolute atomic E-state index is 0.695. The van der Waals surface area contributed by atoms with E-state index in [0.717, 1.165) is 17.3 Å². The van der Waals surface area contributed by atoms with Gasteiger partial charge in [-0.2, -0.15) is 11.8 Å². The van der Waals surface area contributed by atoms with E-state index in [9.17, 15) is 0 Å². The first-order chi connectivity index (χ1) is 6.01. The fourth-order valence-corrected chi connectivity index (χ4v) is 4.61. The van der Waals surface area contributed by atoms with Crippen LogP contribution in [0.1, 0.15) is 40.5 Å². The van der Waals surface area contributed by atoms with E-state index >= 15 is 0 Å². The van der Waals surface area contributed by atoms with Crippen molar-refractivity contribution in [3.05, 3.63) is 0 Å². The summed E-state index contributed by atoms with van der Waals surface area (Å²) in [6.45, 7) is 9.66. The highest BCUT2D eigenvalue weighted by atomic mass is 32.2. The molecule has 2 fully saturated rings. The quantitative estimate of drug-likeness (QED) is 0.650. The summed E-state index contributed by atoms with van der Waals surface area (Å²) in [7, 11) is 0. The highest BCUT2D eigenvalue weighted by Gasteiger charge is 2.59. The average molecular weight is 198 g/mol. The molecule has 0 aromatic heterocycles. The third kappa shape index (κ3) is 1.26. The van der Waals surface area contributed by atoms with Crippen molar-refractivity contribution in [2.75, 3.05) is 11.5 Å². The Bertz CT molecular complexity index is 183. The molecule has 1 aliphatic carbocycles. The smallest absolute Gasteiger partial charge is 0.000227 e. The van der Waals surface area contributed by atoms with Crippen LogP contribution in [-0.2, 0) is 0 Å². The highest BCUT2D eigenvalue weighted by Crippen LogP contribution is 2.67. The summed E-state index contributed by atoms with van der Waals surface area (Å²) in [5, 5.41) is 0. The van der Waals surface area contributed by atoms with E-state index in [1.807, 2.05) is 0 Å². The molecule has 2 aliphatic rings. The molecule has 0 aromatic rings. The summed E-state index contributed by atoms with van der Waals surface area (Å²) >= 11 is 2.14. The monoisotopic (exact) mass is 198 g/mol. The standard InChI is InChI=1S/C12H22S/c1-9(2)12(10(3)4)5-11(6-12)7-13-8-11/h9-10H,5-8H2,1-4H3. The summed E-state index contributed by atoms with van der Waals surface area (Å²) in [6.07, 6.45) is 3.03. The van der Waals surface area contributed by atoms with Crippen molar-refractivity contribution >= 4 is 11.8 Å². The number of hydrogen-bond acceptors (Lipinski definition) is 1. The van der Waals surface area contributed by atoms with Crippen LogP contribution in [0.4, 0.5) is 0 Å². The van der Waals surface area contributed by atoms with Crippen molar-refractivity contribution < 1.29 is 0 Å². The lowest BCUT2D eigenvalue weighted by Gasteiger charge is -2.64. The highest BCUT2D eigenvalue weighted by molar-refractivity contribution is 8.00. The van der Waals surface area contributed by atoms with Gasteiger partial charge < -0.3 is 0 Å². The van der Waals surface area contributed by atoms with E-state index in [1.165, 1.54) is 24.3 Å². The Morgan fingerprint density at radius 1 is 0.923 bits per heavy atom. The molecule has 0 nitrogen and oxygen atoms in total. The molecule has 1 saturated carbocycles. The van der Waals surface area contributed by atoms with Gasteiger partial charge in [0.05, 0.1) is 0 Å². The van der Waals surface area contributed by atoms with E-state index in [0.29, 0.717) is 5.41 Å². The second-order valence-corrected chi connectivity index (χ2v) is 6.87. The first kappa shape index (κ1) is 9.89. The Morgan fingerprint density at radius 2 is 1.38 bits per heavy atom. The predicted molar refractivity (Wildman–Crippen MR) is 61.1 cm³/mol. The molecule has 1 spiro atoms. The molecule has 1 saturated heterocycles. The molecule has 13 heavy (non-hydrogen) atoms.